The quantitative estimate of drug-likeness (QED) is 0.474. The lowest BCUT2D eigenvalue weighted by atomic mass is 10.0. The number of anilines is 1. The number of H-pyrrole nitrogens is 1. The fourth-order valence-corrected chi connectivity index (χ4v) is 3.24. The molecule has 1 heterocycles. The van der Waals surface area contributed by atoms with Crippen molar-refractivity contribution in [2.45, 2.75) is 20.8 Å². The lowest BCUT2D eigenvalue weighted by Gasteiger charge is -2.12. The molecule has 3 aromatic rings. The zero-order valence-electron chi connectivity index (χ0n) is 15.8. The number of hydrogen-bond donors (Lipinski definition) is 2. The molecule has 5 nitrogen and oxygen atoms in total. The van der Waals surface area contributed by atoms with Gasteiger partial charge in [-0.3, -0.25) is 9.89 Å². The van der Waals surface area contributed by atoms with Crippen LogP contribution in [0.25, 0.3) is 17.3 Å². The van der Waals surface area contributed by atoms with Crippen molar-refractivity contribution in [2.75, 3.05) is 5.32 Å². The van der Waals surface area contributed by atoms with Gasteiger partial charge in [0.1, 0.15) is 11.6 Å². The van der Waals surface area contributed by atoms with Crippen molar-refractivity contribution in [1.82, 2.24) is 10.2 Å². The van der Waals surface area contributed by atoms with E-state index in [9.17, 15) is 10.1 Å². The Balaban J connectivity index is 1.92. The molecule has 0 bridgehead atoms. The second kappa shape index (κ2) is 8.12. The number of aromatic amines is 1. The number of aryl methyl sites for hydroxylation is 3. The molecule has 0 unspecified atom stereocenters. The average molecular weight is 391 g/mol. The largest absolute Gasteiger partial charge is 0.321 e. The Kier molecular flexibility index (Phi) is 5.62. The number of carbonyl (C=O) groups is 1. The number of aromatic nitrogens is 2. The fourth-order valence-electron chi connectivity index (χ4n) is 3.11. The molecule has 1 amide bonds. The van der Waals surface area contributed by atoms with Crippen molar-refractivity contribution in [2.24, 2.45) is 0 Å². The predicted molar refractivity (Wildman–Crippen MR) is 112 cm³/mol. The summed E-state index contributed by atoms with van der Waals surface area (Å²) < 4.78 is 0. The number of nitrogens with zero attached hydrogens (tertiary/aromatic N) is 2. The highest BCUT2D eigenvalue weighted by atomic mass is 35.5. The summed E-state index contributed by atoms with van der Waals surface area (Å²) in [6.45, 7) is 5.86. The number of nitrogens with one attached hydrogen (secondary N) is 2. The molecule has 0 aliphatic heterocycles. The van der Waals surface area contributed by atoms with Gasteiger partial charge >= 0.3 is 0 Å². The summed E-state index contributed by atoms with van der Waals surface area (Å²) in [5, 5.41) is 20.0. The number of halogens is 1. The summed E-state index contributed by atoms with van der Waals surface area (Å²) in [6, 6.07) is 13.2. The van der Waals surface area contributed by atoms with Crippen molar-refractivity contribution in [3.8, 4) is 17.3 Å². The number of hydrogen-bond acceptors (Lipinski definition) is 3. The van der Waals surface area contributed by atoms with Gasteiger partial charge in [-0.15, -0.1) is 0 Å². The van der Waals surface area contributed by atoms with Crippen LogP contribution >= 0.6 is 11.6 Å². The molecular weight excluding hydrogens is 372 g/mol. The van der Waals surface area contributed by atoms with Crippen LogP contribution in [0.5, 0.6) is 0 Å². The van der Waals surface area contributed by atoms with Crippen LogP contribution in [0, 0.1) is 32.1 Å². The van der Waals surface area contributed by atoms with Crippen molar-refractivity contribution in [3.63, 3.8) is 0 Å². The molecule has 0 saturated carbocycles. The van der Waals surface area contributed by atoms with Gasteiger partial charge in [-0.1, -0.05) is 41.4 Å². The minimum absolute atomic E-state index is 0.00371. The highest BCUT2D eigenvalue weighted by molar-refractivity contribution is 6.30. The highest BCUT2D eigenvalue weighted by Crippen LogP contribution is 2.26. The van der Waals surface area contributed by atoms with Crippen LogP contribution < -0.4 is 5.32 Å². The van der Waals surface area contributed by atoms with E-state index < -0.39 is 5.91 Å². The van der Waals surface area contributed by atoms with E-state index in [2.05, 4.69) is 15.5 Å². The standard InChI is InChI=1S/C22H19ClN4O/c1-13-8-14(2)20(15(3)9-13)26-22(28)17(11-24)10-18-12-25-27-21(18)16-4-6-19(23)7-5-16/h4-10,12H,1-3H3,(H,25,27)(H,26,28). The molecule has 6 heteroatoms. The van der Waals surface area contributed by atoms with Crippen LogP contribution in [0.3, 0.4) is 0 Å². The van der Waals surface area contributed by atoms with Gasteiger partial charge in [0.2, 0.25) is 0 Å². The Bertz CT molecular complexity index is 1080. The van der Waals surface area contributed by atoms with E-state index in [0.29, 0.717) is 16.3 Å². The van der Waals surface area contributed by atoms with Crippen molar-refractivity contribution < 1.29 is 4.79 Å². The predicted octanol–water partition coefficient (Wildman–Crippen LogP) is 5.20. The molecule has 2 aromatic carbocycles. The van der Waals surface area contributed by atoms with Crippen LogP contribution in [0.4, 0.5) is 5.69 Å². The van der Waals surface area contributed by atoms with Gasteiger partial charge in [-0.05, 0) is 50.1 Å². The third-order valence-electron chi connectivity index (χ3n) is 4.38. The molecule has 2 N–H and O–H groups in total. The topological polar surface area (TPSA) is 81.6 Å². The summed E-state index contributed by atoms with van der Waals surface area (Å²) in [6.07, 6.45) is 3.11. The molecule has 0 spiro atoms. The number of amides is 1. The maximum absolute atomic E-state index is 12.7. The van der Waals surface area contributed by atoms with Crippen LogP contribution in [0.1, 0.15) is 22.3 Å². The van der Waals surface area contributed by atoms with Crippen LogP contribution in [-0.2, 0) is 4.79 Å². The summed E-state index contributed by atoms with van der Waals surface area (Å²) >= 11 is 5.94. The van der Waals surface area contributed by atoms with Gasteiger partial charge in [0, 0.05) is 21.8 Å². The minimum Gasteiger partial charge on any atom is -0.321 e. The first kappa shape index (κ1) is 19.4. The normalized spacial score (nSPS) is 11.2. The zero-order chi connectivity index (χ0) is 20.3. The van der Waals surface area contributed by atoms with Crippen molar-refractivity contribution >= 4 is 29.3 Å². The number of benzene rings is 2. The Hall–Kier alpha value is -3.36. The first-order chi connectivity index (χ1) is 13.4. The summed E-state index contributed by atoms with van der Waals surface area (Å²) in [5.74, 6) is -0.458. The summed E-state index contributed by atoms with van der Waals surface area (Å²) in [7, 11) is 0. The number of rotatable bonds is 4. The molecule has 0 fully saturated rings. The maximum atomic E-state index is 12.7. The van der Waals surface area contributed by atoms with Gasteiger partial charge in [-0.25, -0.2) is 0 Å². The van der Waals surface area contributed by atoms with Gasteiger partial charge < -0.3 is 5.32 Å². The summed E-state index contributed by atoms with van der Waals surface area (Å²) in [4.78, 5) is 12.7. The molecule has 0 saturated heterocycles. The molecule has 28 heavy (non-hydrogen) atoms. The fraction of sp³-hybridized carbons (Fsp3) is 0.136. The molecule has 0 aliphatic carbocycles. The van der Waals surface area contributed by atoms with E-state index in [4.69, 9.17) is 11.6 Å². The Morgan fingerprint density at radius 1 is 1.18 bits per heavy atom. The highest BCUT2D eigenvalue weighted by Gasteiger charge is 2.15. The van der Waals surface area contributed by atoms with E-state index in [1.165, 1.54) is 6.08 Å². The maximum Gasteiger partial charge on any atom is 0.266 e. The van der Waals surface area contributed by atoms with Gasteiger partial charge in [0.05, 0.1) is 11.9 Å². The molecule has 3 rings (SSSR count). The Morgan fingerprint density at radius 3 is 2.43 bits per heavy atom. The van der Waals surface area contributed by atoms with Crippen LogP contribution in [-0.4, -0.2) is 16.1 Å². The monoisotopic (exact) mass is 390 g/mol. The van der Waals surface area contributed by atoms with E-state index in [-0.39, 0.29) is 5.57 Å². The second-order valence-corrected chi connectivity index (χ2v) is 7.04. The van der Waals surface area contributed by atoms with E-state index in [1.807, 2.05) is 51.1 Å². The number of carbonyl (C=O) groups excluding carboxylic acids is 1. The average Bonchev–Trinajstić information content (AvgIpc) is 3.11. The first-order valence-corrected chi connectivity index (χ1v) is 9.07. The molecule has 0 aliphatic rings. The molecule has 0 radical (unpaired) electrons. The molecular formula is C22H19ClN4O. The smallest absolute Gasteiger partial charge is 0.266 e. The molecule has 140 valence electrons. The molecule has 0 atom stereocenters. The Morgan fingerprint density at radius 2 is 1.82 bits per heavy atom. The lowest BCUT2D eigenvalue weighted by molar-refractivity contribution is -0.112. The van der Waals surface area contributed by atoms with Crippen LogP contribution in [0.2, 0.25) is 5.02 Å². The van der Waals surface area contributed by atoms with E-state index >= 15 is 0 Å². The third kappa shape index (κ3) is 4.13. The molecule has 1 aromatic heterocycles. The lowest BCUT2D eigenvalue weighted by Crippen LogP contribution is -2.15. The van der Waals surface area contributed by atoms with Gasteiger partial charge in [0.15, 0.2) is 0 Å². The van der Waals surface area contributed by atoms with Gasteiger partial charge in [-0.2, -0.15) is 10.4 Å². The van der Waals surface area contributed by atoms with Gasteiger partial charge in [0.25, 0.3) is 5.91 Å². The summed E-state index contributed by atoms with van der Waals surface area (Å²) in [5.41, 5.74) is 5.96. The van der Waals surface area contributed by atoms with E-state index in [0.717, 1.165) is 27.9 Å². The van der Waals surface area contributed by atoms with Crippen molar-refractivity contribution in [3.05, 3.63) is 75.4 Å². The van der Waals surface area contributed by atoms with E-state index in [1.54, 1.807) is 18.3 Å². The zero-order valence-corrected chi connectivity index (χ0v) is 16.6. The Labute approximate surface area is 168 Å². The first-order valence-electron chi connectivity index (χ1n) is 8.69. The SMILES string of the molecule is Cc1cc(C)c(NC(=O)C(C#N)=Cc2cn[nH]c2-c2ccc(Cl)cc2)c(C)c1. The van der Waals surface area contributed by atoms with Crippen molar-refractivity contribution in [1.29, 1.82) is 5.26 Å². The third-order valence-corrected chi connectivity index (χ3v) is 4.63. The second-order valence-electron chi connectivity index (χ2n) is 6.60. The van der Waals surface area contributed by atoms with Crippen LogP contribution in [0.15, 0.2) is 48.2 Å². The minimum atomic E-state index is -0.458. The number of nitriles is 1.